The Morgan fingerprint density at radius 2 is 0.966 bits per heavy atom. The Bertz CT molecular complexity index is 341. The van der Waals surface area contributed by atoms with Crippen LogP contribution in [0.1, 0.15) is 119 Å². The van der Waals surface area contributed by atoms with Crippen LogP contribution >= 0.6 is 0 Å². The Hall–Kier alpha value is -0.640. The predicted molar refractivity (Wildman–Crippen MR) is 128 cm³/mol. The second kappa shape index (κ2) is 20.6. The summed E-state index contributed by atoms with van der Waals surface area (Å²) < 4.78 is 1.15. The van der Waals surface area contributed by atoms with Gasteiger partial charge in [0, 0.05) is 19.6 Å². The van der Waals surface area contributed by atoms with Crippen molar-refractivity contribution in [3.63, 3.8) is 0 Å². The number of guanidine groups is 1. The lowest BCUT2D eigenvalue weighted by molar-refractivity contribution is -0.848. The highest BCUT2D eigenvalue weighted by molar-refractivity contribution is 5.73. The van der Waals surface area contributed by atoms with Crippen LogP contribution in [0.15, 0.2) is 4.99 Å². The molecule has 0 N–H and O–H groups in total. The summed E-state index contributed by atoms with van der Waals surface area (Å²) in [5.74, 6) is 1.45. The molecule has 0 radical (unpaired) electrons. The molecule has 176 valence electrons. The Kier molecular flexibility index (Phi) is 21.7. The zero-order valence-corrected chi connectivity index (χ0v) is 20.9. The summed E-state index contributed by atoms with van der Waals surface area (Å²) in [7, 11) is 0. The Balaban J connectivity index is 0. The smallest absolute Gasteiger partial charge is 0.300 e. The molecule has 0 rings (SSSR count). The summed E-state index contributed by atoms with van der Waals surface area (Å²) in [5, 5.41) is 0. The van der Waals surface area contributed by atoms with Gasteiger partial charge in [0.15, 0.2) is 0 Å². The second-order valence-corrected chi connectivity index (χ2v) is 8.61. The zero-order valence-electron chi connectivity index (χ0n) is 20.9. The summed E-state index contributed by atoms with van der Waals surface area (Å²) in [4.78, 5) is 8.08. The molecule has 0 heterocycles. The first-order valence-electron chi connectivity index (χ1n) is 12.8. The Morgan fingerprint density at radius 1 is 0.586 bits per heavy atom. The molecule has 0 aromatic heterocycles. The van der Waals surface area contributed by atoms with Crippen LogP contribution in [0, 0.1) is 0 Å². The number of hydrogen-bond donors (Lipinski definition) is 0. The van der Waals surface area contributed by atoms with E-state index in [9.17, 15) is 0 Å². The molecule has 4 heteroatoms. The van der Waals surface area contributed by atoms with E-state index in [2.05, 4.69) is 46.4 Å². The van der Waals surface area contributed by atoms with Crippen LogP contribution in [-0.4, -0.2) is 54.6 Å². The number of unbranched alkanes of at least 4 members (excludes halogenated alkanes) is 6. The highest BCUT2D eigenvalue weighted by Gasteiger charge is 2.36. The number of rotatable bonds is 18. The third-order valence-corrected chi connectivity index (χ3v) is 5.85. The minimum absolute atomic E-state index is 0. The molecule has 0 atom stereocenters. The molecular weight excluding hydrogens is 361 g/mol. The first-order chi connectivity index (χ1) is 13.7. The van der Waals surface area contributed by atoms with Gasteiger partial charge in [0.05, 0.1) is 19.6 Å². The van der Waals surface area contributed by atoms with Crippen molar-refractivity contribution in [3.8, 4) is 0 Å². The lowest BCUT2D eigenvalue weighted by Crippen LogP contribution is -3.00. The van der Waals surface area contributed by atoms with Crippen LogP contribution < -0.4 is 4.70 Å². The van der Waals surface area contributed by atoms with E-state index in [1.54, 1.807) is 0 Å². The molecule has 0 aliphatic carbocycles. The van der Waals surface area contributed by atoms with Crippen molar-refractivity contribution in [2.45, 2.75) is 119 Å². The first kappa shape index (κ1) is 30.6. The molecule has 0 unspecified atom stereocenters. The van der Waals surface area contributed by atoms with Gasteiger partial charge in [0.2, 0.25) is 0 Å². The van der Waals surface area contributed by atoms with Crippen molar-refractivity contribution in [2.24, 2.45) is 4.99 Å². The molecule has 0 amide bonds. The maximum atomic E-state index is 5.37. The topological polar surface area (TPSA) is 15.6 Å². The first-order valence-corrected chi connectivity index (χ1v) is 12.8. The minimum Gasteiger partial charge on any atom is -1.00 e. The van der Waals surface area contributed by atoms with E-state index in [0.717, 1.165) is 11.0 Å². The number of aliphatic imine (C=N–C) groups is 1. The van der Waals surface area contributed by atoms with Gasteiger partial charge in [-0.1, -0.05) is 80.1 Å². The van der Waals surface area contributed by atoms with Gasteiger partial charge in [-0.3, -0.25) is 4.48 Å². The van der Waals surface area contributed by atoms with Crippen molar-refractivity contribution in [3.05, 3.63) is 0 Å². The summed E-state index contributed by atoms with van der Waals surface area (Å²) in [6.45, 7) is 21.1. The molecule has 0 fully saturated rings. The van der Waals surface area contributed by atoms with Crippen LogP contribution in [0.3, 0.4) is 0 Å². The molecule has 0 saturated carbocycles. The molecular formula is C25H54FN3. The normalized spacial score (nSPS) is 12.1. The van der Waals surface area contributed by atoms with Crippen molar-refractivity contribution >= 4 is 5.96 Å². The lowest BCUT2D eigenvalue weighted by atomic mass is 10.1. The van der Waals surface area contributed by atoms with E-state index in [1.165, 1.54) is 116 Å². The quantitative estimate of drug-likeness (QED) is 0.141. The number of quaternary nitrogens is 1. The van der Waals surface area contributed by atoms with Crippen LogP contribution in [-0.2, 0) is 0 Å². The van der Waals surface area contributed by atoms with Gasteiger partial charge in [0.25, 0.3) is 5.96 Å². The SMILES string of the molecule is CCCC/N=C(\N(CCCC)CCCC)[N+](CCCC)(CCCC)CCCC.[F-]. The van der Waals surface area contributed by atoms with E-state index in [4.69, 9.17) is 4.99 Å². The predicted octanol–water partition coefficient (Wildman–Crippen LogP) is 4.27. The van der Waals surface area contributed by atoms with Crippen molar-refractivity contribution in [2.75, 3.05) is 39.3 Å². The molecule has 0 bridgehead atoms. The largest absolute Gasteiger partial charge is 1.00 e. The fourth-order valence-corrected chi connectivity index (χ4v) is 3.91. The van der Waals surface area contributed by atoms with Gasteiger partial charge in [-0.15, -0.1) is 0 Å². The van der Waals surface area contributed by atoms with E-state index in [0.29, 0.717) is 0 Å². The molecule has 0 aromatic rings. The highest BCUT2D eigenvalue weighted by atomic mass is 19.0. The monoisotopic (exact) mass is 415 g/mol. The van der Waals surface area contributed by atoms with Crippen LogP contribution in [0.2, 0.25) is 0 Å². The van der Waals surface area contributed by atoms with E-state index in [-0.39, 0.29) is 4.70 Å². The van der Waals surface area contributed by atoms with Crippen molar-refractivity contribution in [1.82, 2.24) is 4.90 Å². The van der Waals surface area contributed by atoms with Crippen LogP contribution in [0.25, 0.3) is 0 Å². The molecule has 0 aromatic carbocycles. The van der Waals surface area contributed by atoms with Crippen LogP contribution in [0.4, 0.5) is 0 Å². The average Bonchev–Trinajstić information content (AvgIpc) is 2.72. The fraction of sp³-hybridized carbons (Fsp3) is 0.960. The minimum atomic E-state index is 0. The Labute approximate surface area is 183 Å². The second-order valence-electron chi connectivity index (χ2n) is 8.61. The molecule has 29 heavy (non-hydrogen) atoms. The molecule has 0 spiro atoms. The van der Waals surface area contributed by atoms with Gasteiger partial charge < -0.3 is 9.60 Å². The fourth-order valence-electron chi connectivity index (χ4n) is 3.91. The molecule has 0 saturated heterocycles. The van der Waals surface area contributed by atoms with Gasteiger partial charge in [-0.2, -0.15) is 0 Å². The maximum Gasteiger partial charge on any atom is 0.300 e. The summed E-state index contributed by atoms with van der Waals surface area (Å²) in [5.41, 5.74) is 0. The Morgan fingerprint density at radius 3 is 1.31 bits per heavy atom. The van der Waals surface area contributed by atoms with E-state index >= 15 is 0 Å². The molecule has 3 nitrogen and oxygen atoms in total. The van der Waals surface area contributed by atoms with Gasteiger partial charge in [0.1, 0.15) is 0 Å². The van der Waals surface area contributed by atoms with Crippen molar-refractivity contribution in [1.29, 1.82) is 0 Å². The summed E-state index contributed by atoms with van der Waals surface area (Å²) in [6.07, 6.45) is 15.3. The zero-order chi connectivity index (χ0) is 21.1. The number of hydrogen-bond acceptors (Lipinski definition) is 1. The van der Waals surface area contributed by atoms with Gasteiger partial charge >= 0.3 is 0 Å². The number of halogens is 1. The number of nitrogens with zero attached hydrogens (tertiary/aromatic N) is 3. The summed E-state index contributed by atoms with van der Waals surface area (Å²) >= 11 is 0. The van der Waals surface area contributed by atoms with Gasteiger partial charge in [-0.05, 0) is 38.5 Å². The highest BCUT2D eigenvalue weighted by Crippen LogP contribution is 2.20. The third-order valence-electron chi connectivity index (χ3n) is 5.85. The standard InChI is InChI=1S/C25H54N3.FH/c1-7-13-19-26-25(27(20-14-8-2)21-15-9-3)28(22-16-10-4,23-17-11-5)24-18-12-6;/h7-24H2,1-6H3;1H/q+1;/p-1/b26-25+;. The van der Waals surface area contributed by atoms with E-state index in [1.807, 2.05) is 0 Å². The van der Waals surface area contributed by atoms with E-state index < -0.39 is 0 Å². The molecule has 0 aliphatic heterocycles. The van der Waals surface area contributed by atoms with Gasteiger partial charge in [-0.25, -0.2) is 4.99 Å². The van der Waals surface area contributed by atoms with Crippen molar-refractivity contribution < 1.29 is 9.19 Å². The van der Waals surface area contributed by atoms with Crippen LogP contribution in [0.5, 0.6) is 0 Å². The average molecular weight is 416 g/mol. The summed E-state index contributed by atoms with van der Waals surface area (Å²) in [6, 6.07) is 0. The maximum absolute atomic E-state index is 5.37. The third kappa shape index (κ3) is 12.6. The lowest BCUT2D eigenvalue weighted by Gasteiger charge is -2.43. The molecule has 0 aliphatic rings.